The Kier molecular flexibility index (Phi) is 13.8. The van der Waals surface area contributed by atoms with Crippen LogP contribution >= 0.6 is 0 Å². The molecule has 0 fully saturated rings. The zero-order valence-corrected chi connectivity index (χ0v) is 50.0. The Balaban J connectivity index is 0.00000645. The maximum atomic E-state index is 7.19. The van der Waals surface area contributed by atoms with E-state index in [9.17, 15) is 0 Å². The first-order valence-corrected chi connectivity index (χ1v) is 28.7. The first kappa shape index (κ1) is 53.4. The number of fused-ring (bicyclic) bond motifs is 8. The van der Waals surface area contributed by atoms with E-state index >= 15 is 0 Å². The molecule has 0 aliphatic carbocycles. The summed E-state index contributed by atoms with van der Waals surface area (Å²) in [6, 6.07) is 78.0. The summed E-state index contributed by atoms with van der Waals surface area (Å²) < 4.78 is 19.0. The molecule has 4 heterocycles. The molecule has 0 amide bonds. The summed E-state index contributed by atoms with van der Waals surface area (Å²) in [6.07, 6.45) is 0. The van der Waals surface area contributed by atoms with E-state index in [1.807, 2.05) is 24.3 Å². The van der Waals surface area contributed by atoms with E-state index in [1.54, 1.807) is 0 Å². The fraction of sp³-hybridized carbons (Fsp3) is 0.160. The van der Waals surface area contributed by atoms with Crippen LogP contribution in [0.15, 0.2) is 205 Å². The van der Waals surface area contributed by atoms with Gasteiger partial charge in [0, 0.05) is 39.0 Å². The molecule has 0 unspecified atom stereocenters. The Hall–Kier alpha value is -8.90. The van der Waals surface area contributed by atoms with Gasteiger partial charge in [0.25, 0.3) is 0 Å². The Morgan fingerprint density at radius 3 is 1.48 bits per heavy atom. The third-order valence-corrected chi connectivity index (χ3v) is 16.2. The fourth-order valence-corrected chi connectivity index (χ4v) is 12.2. The maximum absolute atomic E-state index is 7.19. The van der Waals surface area contributed by atoms with Gasteiger partial charge in [-0.05, 0) is 141 Å². The van der Waals surface area contributed by atoms with Gasteiger partial charge in [0.1, 0.15) is 5.58 Å². The van der Waals surface area contributed by atoms with E-state index in [2.05, 4.69) is 253 Å². The zero-order chi connectivity index (χ0) is 55.9. The van der Waals surface area contributed by atoms with E-state index in [4.69, 9.17) is 24.1 Å². The van der Waals surface area contributed by atoms with Crippen LogP contribution in [-0.2, 0) is 21.1 Å². The number of hydrogen-bond acceptors (Lipinski definition) is 5. The van der Waals surface area contributed by atoms with Crippen molar-refractivity contribution in [1.82, 2.24) is 24.1 Å². The zero-order valence-electron chi connectivity index (χ0n) is 47.7. The quantitative estimate of drug-likeness (QED) is 0.0900. The van der Waals surface area contributed by atoms with Crippen molar-refractivity contribution in [2.75, 3.05) is 0 Å². The average Bonchev–Trinajstić information content (AvgIpc) is 2.30. The molecule has 408 valence electrons. The van der Waals surface area contributed by atoms with Crippen LogP contribution in [0.25, 0.3) is 122 Å². The monoisotopic (exact) mass is 1260 g/mol. The molecule has 0 saturated carbocycles. The molecule has 0 saturated heterocycles. The van der Waals surface area contributed by atoms with Crippen LogP contribution < -0.4 is 4.74 Å². The van der Waals surface area contributed by atoms with Crippen molar-refractivity contribution in [3.05, 3.63) is 235 Å². The Morgan fingerprint density at radius 1 is 0.410 bits per heavy atom. The number of hydrogen-bond donors (Lipinski definition) is 0. The molecule has 8 heteroatoms. The van der Waals surface area contributed by atoms with Crippen molar-refractivity contribution in [2.45, 2.75) is 79.1 Å². The molecule has 10 aromatic carbocycles. The van der Waals surface area contributed by atoms with Crippen LogP contribution in [0.1, 0.15) is 101 Å². The second-order valence-corrected chi connectivity index (χ2v) is 22.9. The third kappa shape index (κ3) is 9.32. The number of nitrogens with zero attached hydrogens (tertiary/aromatic N) is 5. The van der Waals surface area contributed by atoms with Crippen molar-refractivity contribution >= 4 is 65.8 Å². The molecule has 0 spiro atoms. The van der Waals surface area contributed by atoms with Crippen LogP contribution in [0.2, 0.25) is 0 Å². The number of benzene rings is 10. The van der Waals surface area contributed by atoms with Gasteiger partial charge in [-0.3, -0.25) is 9.97 Å². The van der Waals surface area contributed by atoms with Crippen molar-refractivity contribution in [2.24, 2.45) is 0 Å². The number of ether oxygens (including phenoxy) is 1. The van der Waals surface area contributed by atoms with E-state index in [-0.39, 0.29) is 44.7 Å². The molecule has 14 rings (SSSR count). The molecule has 0 N–H and O–H groups in total. The number of aromatic nitrogens is 5. The molecule has 0 bridgehead atoms. The molecular weight excluding hydrogens is 1200 g/mol. The van der Waals surface area contributed by atoms with E-state index < -0.39 is 0 Å². The largest absolute Gasteiger partial charge is 2.00 e. The predicted molar refractivity (Wildman–Crippen MR) is 338 cm³/mol. The van der Waals surface area contributed by atoms with Gasteiger partial charge in [0.05, 0.1) is 50.3 Å². The molecule has 0 aliphatic rings. The molecule has 83 heavy (non-hydrogen) atoms. The first-order valence-electron chi connectivity index (χ1n) is 28.7. The van der Waals surface area contributed by atoms with Crippen LogP contribution in [0, 0.1) is 12.1 Å². The van der Waals surface area contributed by atoms with Gasteiger partial charge in [0.15, 0.2) is 0 Å². The molecule has 7 nitrogen and oxygen atoms in total. The number of furan rings is 1. The van der Waals surface area contributed by atoms with Gasteiger partial charge in [-0.2, -0.15) is 0 Å². The molecular formula is C75H61N5O2Pt. The van der Waals surface area contributed by atoms with Gasteiger partial charge < -0.3 is 18.3 Å². The van der Waals surface area contributed by atoms with Gasteiger partial charge in [-0.15, -0.1) is 23.8 Å². The smallest absolute Gasteiger partial charge is 0.501 e. The van der Waals surface area contributed by atoms with Crippen molar-refractivity contribution in [3.8, 4) is 67.9 Å². The van der Waals surface area contributed by atoms with Gasteiger partial charge in [-0.1, -0.05) is 188 Å². The third-order valence-electron chi connectivity index (χ3n) is 16.2. The topological polar surface area (TPSA) is 70.9 Å². The van der Waals surface area contributed by atoms with Gasteiger partial charge in [-0.25, -0.2) is 4.98 Å². The second kappa shape index (κ2) is 21.4. The molecule has 14 aromatic rings. The van der Waals surface area contributed by atoms with Crippen molar-refractivity contribution in [1.29, 1.82) is 0 Å². The van der Waals surface area contributed by atoms with Crippen LogP contribution in [0.5, 0.6) is 11.5 Å². The molecule has 0 aliphatic heterocycles. The molecule has 4 aromatic heterocycles. The van der Waals surface area contributed by atoms with E-state index in [0.29, 0.717) is 28.5 Å². The minimum atomic E-state index is 0. The standard InChI is InChI=1S/C75H61N5O2.Pt/c1-44(2)56-38-52(48-22-11-9-12-23-48)39-57(45(3)4)71(56)79-67-32-19-17-30-65(67)77-74(79)51-27-21-28-54(36-51)81-55-42-61-70-60-37-50-26-15-16-29-63(50)76-64(60)34-35-69(70)82-73(61)62(43-55)75-78-66-31-18-20-33-68(66)80(75)72-58(46(5)6)40-53(41-59(72)47(7)8)49-24-13-10-14-25-49;/h9-35,37-42,44-47H,1-8H3;/q-2;+2. The van der Waals surface area contributed by atoms with Crippen molar-refractivity contribution in [3.63, 3.8) is 0 Å². The Bertz CT molecular complexity index is 4740. The van der Waals surface area contributed by atoms with Gasteiger partial charge in [0.2, 0.25) is 0 Å². The van der Waals surface area contributed by atoms with Gasteiger partial charge >= 0.3 is 21.1 Å². The van der Waals surface area contributed by atoms with Crippen molar-refractivity contribution < 1.29 is 30.2 Å². The maximum Gasteiger partial charge on any atom is 2.00 e. The number of para-hydroxylation sites is 5. The summed E-state index contributed by atoms with van der Waals surface area (Å²) in [5.74, 6) is 3.25. The molecule has 0 atom stereocenters. The van der Waals surface area contributed by atoms with Crippen LogP contribution in [0.4, 0.5) is 0 Å². The fourth-order valence-electron chi connectivity index (χ4n) is 12.2. The summed E-state index contributed by atoms with van der Waals surface area (Å²) in [4.78, 5) is 16.2. The average molecular weight is 1260 g/mol. The first-order chi connectivity index (χ1) is 39.9. The van der Waals surface area contributed by atoms with E-state index in [1.165, 1.54) is 44.5 Å². The normalized spacial score (nSPS) is 12.0. The summed E-state index contributed by atoms with van der Waals surface area (Å²) in [6.45, 7) is 18.3. The summed E-state index contributed by atoms with van der Waals surface area (Å²) in [7, 11) is 0. The Labute approximate surface area is 498 Å². The predicted octanol–water partition coefficient (Wildman–Crippen LogP) is 20.5. The minimum absolute atomic E-state index is 0. The van der Waals surface area contributed by atoms with Crippen LogP contribution in [0.3, 0.4) is 0 Å². The summed E-state index contributed by atoms with van der Waals surface area (Å²) >= 11 is 0. The summed E-state index contributed by atoms with van der Waals surface area (Å²) in [5, 5.41) is 3.84. The SMILES string of the molecule is CC(C)c1cc(-c2ccccc2)cc(C(C)C)c1-n1c(-c2[c-]c(Oc3[c-]c(-c4nc5ccccc5n4-c4c(C(C)C)cc(-c5ccccc5)cc4C(C)C)c4oc5ccc6nc7ccccc7cc6c5c4c3)ccc2)nc2ccccc21.[Pt+2]. The number of rotatable bonds is 12. The van der Waals surface area contributed by atoms with Crippen LogP contribution in [-0.4, -0.2) is 24.1 Å². The number of pyridine rings is 1. The minimum Gasteiger partial charge on any atom is -0.501 e. The van der Waals surface area contributed by atoms with E-state index in [0.717, 1.165) is 83.0 Å². The Morgan fingerprint density at radius 2 is 0.916 bits per heavy atom. The summed E-state index contributed by atoms with van der Waals surface area (Å²) in [5.41, 5.74) is 20.4. The number of imidazole rings is 2. The second-order valence-electron chi connectivity index (χ2n) is 22.9. The molecule has 0 radical (unpaired) electrons.